The molecule has 0 bridgehead atoms. The van der Waals surface area contributed by atoms with Gasteiger partial charge in [0.1, 0.15) is 6.10 Å². The van der Waals surface area contributed by atoms with Gasteiger partial charge >= 0.3 is 0 Å². The maximum atomic E-state index is 14.4. The number of carbonyl (C=O) groups is 1. The van der Waals surface area contributed by atoms with Crippen LogP contribution in [-0.4, -0.2) is 22.7 Å². The number of carbonyl (C=O) groups excluding carboxylic acids is 1. The first-order valence-electron chi connectivity index (χ1n) is 11.2. The Balaban J connectivity index is 1.98. The molecule has 1 amide bonds. The third-order valence-corrected chi connectivity index (χ3v) is 7.96. The van der Waals surface area contributed by atoms with Crippen LogP contribution in [0, 0.1) is 0 Å². The van der Waals surface area contributed by atoms with Crippen LogP contribution in [0.1, 0.15) is 44.2 Å². The van der Waals surface area contributed by atoms with Crippen molar-refractivity contribution in [3.05, 3.63) is 101 Å². The molecule has 3 unspecified atom stereocenters. The van der Waals surface area contributed by atoms with Gasteiger partial charge in [0.25, 0.3) is 7.37 Å². The van der Waals surface area contributed by atoms with Crippen LogP contribution in [0.15, 0.2) is 84.9 Å². The van der Waals surface area contributed by atoms with Gasteiger partial charge in [0.15, 0.2) is 5.85 Å². The lowest BCUT2D eigenvalue weighted by Crippen LogP contribution is -2.47. The molecule has 0 aliphatic carbocycles. The topological polar surface area (TPSA) is 75.6 Å². The van der Waals surface area contributed by atoms with Gasteiger partial charge in [0.05, 0.1) is 0 Å². The fourth-order valence-corrected chi connectivity index (χ4v) is 6.01. The van der Waals surface area contributed by atoms with Gasteiger partial charge in [-0.15, -0.1) is 0 Å². The van der Waals surface area contributed by atoms with Crippen LogP contribution in [0.3, 0.4) is 0 Å². The van der Waals surface area contributed by atoms with Crippen LogP contribution in [0.2, 0.25) is 5.02 Å². The summed E-state index contributed by atoms with van der Waals surface area (Å²) in [5.41, 5.74) is 0.885. The van der Waals surface area contributed by atoms with Crippen LogP contribution < -0.4 is 10.6 Å². The predicted octanol–water partition coefficient (Wildman–Crippen LogP) is 5.87. The summed E-state index contributed by atoms with van der Waals surface area (Å²) in [5, 5.41) is 15.0. The Hall–Kier alpha value is -2.43. The number of halogens is 1. The van der Waals surface area contributed by atoms with Crippen molar-refractivity contribution in [2.24, 2.45) is 0 Å². The van der Waals surface area contributed by atoms with Gasteiger partial charge < -0.3 is 14.9 Å². The van der Waals surface area contributed by atoms with Crippen molar-refractivity contribution in [2.75, 3.05) is 0 Å². The largest absolute Gasteiger partial charge is 0.378 e. The molecule has 7 heteroatoms. The van der Waals surface area contributed by atoms with Gasteiger partial charge in [-0.25, -0.2) is 0 Å². The fraction of sp³-hybridized carbons (Fsp3) is 0.296. The smallest absolute Gasteiger partial charge is 0.264 e. The molecule has 0 aliphatic rings. The lowest BCUT2D eigenvalue weighted by Gasteiger charge is -2.30. The highest BCUT2D eigenvalue weighted by Crippen LogP contribution is 2.59. The fourth-order valence-electron chi connectivity index (χ4n) is 3.57. The summed E-state index contributed by atoms with van der Waals surface area (Å²) < 4.78 is 20.6. The van der Waals surface area contributed by atoms with Crippen molar-refractivity contribution in [3.8, 4) is 0 Å². The molecule has 34 heavy (non-hydrogen) atoms. The average Bonchev–Trinajstić information content (AvgIpc) is 2.81. The standard InChI is InChI=1S/C27H31ClNO4P/c1-27(2,3)29-25(30)24(18-17-20-11-6-4-7-12-20)33-34(32,23-15-8-5-9-16-23)26(31)21-13-10-14-22(28)19-21/h4-16,19,24,26,31H,17-18H2,1-3H3,(H,29,30). The molecule has 0 radical (unpaired) electrons. The molecule has 0 spiro atoms. The van der Waals surface area contributed by atoms with E-state index < -0.39 is 24.9 Å². The second-order valence-electron chi connectivity index (χ2n) is 9.22. The first kappa shape index (κ1) is 26.2. The Morgan fingerprint density at radius 3 is 2.21 bits per heavy atom. The number of rotatable bonds is 9. The number of hydrogen-bond donors (Lipinski definition) is 2. The van der Waals surface area contributed by atoms with Crippen LogP contribution in [0.4, 0.5) is 0 Å². The maximum Gasteiger partial charge on any atom is 0.264 e. The number of amides is 1. The zero-order valence-corrected chi connectivity index (χ0v) is 21.3. The Kier molecular flexibility index (Phi) is 8.72. The van der Waals surface area contributed by atoms with E-state index in [1.54, 1.807) is 54.6 Å². The summed E-state index contributed by atoms with van der Waals surface area (Å²) in [6, 6.07) is 24.8. The molecule has 0 fully saturated rings. The number of aliphatic hydroxyl groups is 1. The average molecular weight is 500 g/mol. The Morgan fingerprint density at radius 1 is 1.00 bits per heavy atom. The van der Waals surface area contributed by atoms with Crippen LogP contribution in [0.25, 0.3) is 0 Å². The van der Waals surface area contributed by atoms with Crippen molar-refractivity contribution in [1.82, 2.24) is 5.32 Å². The first-order valence-corrected chi connectivity index (χ1v) is 13.3. The van der Waals surface area contributed by atoms with E-state index in [-0.39, 0.29) is 5.91 Å². The number of benzene rings is 3. The van der Waals surface area contributed by atoms with E-state index in [0.29, 0.717) is 28.7 Å². The second kappa shape index (κ2) is 11.3. The minimum atomic E-state index is -3.97. The summed E-state index contributed by atoms with van der Waals surface area (Å²) in [7, 11) is -3.97. The normalized spacial score (nSPS) is 15.2. The van der Waals surface area contributed by atoms with Gasteiger partial charge in [-0.1, -0.05) is 72.3 Å². The van der Waals surface area contributed by atoms with Crippen LogP contribution in [-0.2, 0) is 20.3 Å². The number of aryl methyl sites for hydroxylation is 1. The molecule has 0 aromatic heterocycles. The SMILES string of the molecule is CC(C)(C)NC(=O)C(CCc1ccccc1)OP(=O)(c1ccccc1)C(O)c1cccc(Cl)c1. The Morgan fingerprint density at radius 2 is 1.62 bits per heavy atom. The van der Waals surface area contributed by atoms with E-state index in [0.717, 1.165) is 5.56 Å². The minimum Gasteiger partial charge on any atom is -0.378 e. The highest BCUT2D eigenvalue weighted by molar-refractivity contribution is 7.67. The molecule has 0 aliphatic heterocycles. The van der Waals surface area contributed by atoms with Crippen LogP contribution >= 0.6 is 19.0 Å². The molecule has 5 nitrogen and oxygen atoms in total. The van der Waals surface area contributed by atoms with Crippen molar-refractivity contribution >= 4 is 30.2 Å². The van der Waals surface area contributed by atoms with E-state index in [2.05, 4.69) is 5.32 Å². The molecule has 0 saturated heterocycles. The lowest BCUT2D eigenvalue weighted by atomic mass is 10.0. The number of aliphatic hydroxyl groups excluding tert-OH is 1. The summed E-state index contributed by atoms with van der Waals surface area (Å²) in [6.07, 6.45) is -0.199. The lowest BCUT2D eigenvalue weighted by molar-refractivity contribution is -0.129. The van der Waals surface area contributed by atoms with E-state index >= 15 is 0 Å². The van der Waals surface area contributed by atoms with Crippen molar-refractivity contribution in [2.45, 2.75) is 51.1 Å². The molecule has 3 aromatic rings. The van der Waals surface area contributed by atoms with Gasteiger partial charge in [0.2, 0.25) is 5.91 Å². The van der Waals surface area contributed by atoms with Crippen molar-refractivity contribution < 1.29 is 19.0 Å². The second-order valence-corrected chi connectivity index (χ2v) is 12.1. The molecular weight excluding hydrogens is 469 g/mol. The van der Waals surface area contributed by atoms with Gasteiger partial charge in [-0.2, -0.15) is 0 Å². The van der Waals surface area contributed by atoms with Crippen molar-refractivity contribution in [3.63, 3.8) is 0 Å². The molecule has 2 N–H and O–H groups in total. The third-order valence-electron chi connectivity index (χ3n) is 5.20. The summed E-state index contributed by atoms with van der Waals surface area (Å²) in [6.45, 7) is 5.62. The summed E-state index contributed by atoms with van der Waals surface area (Å²) >= 11 is 6.13. The Bertz CT molecular complexity index is 1130. The molecule has 180 valence electrons. The maximum absolute atomic E-state index is 14.4. The highest BCUT2D eigenvalue weighted by Gasteiger charge is 2.41. The van der Waals surface area contributed by atoms with Gasteiger partial charge in [-0.3, -0.25) is 9.36 Å². The van der Waals surface area contributed by atoms with E-state index in [9.17, 15) is 14.5 Å². The zero-order chi connectivity index (χ0) is 24.8. The number of hydrogen-bond acceptors (Lipinski definition) is 4. The quantitative estimate of drug-likeness (QED) is 0.361. The zero-order valence-electron chi connectivity index (χ0n) is 19.6. The number of nitrogens with one attached hydrogen (secondary N) is 1. The van der Waals surface area contributed by atoms with E-state index in [1.165, 1.54) is 0 Å². The minimum absolute atomic E-state index is 0.297. The van der Waals surface area contributed by atoms with Gasteiger partial charge in [-0.05, 0) is 69.0 Å². The molecule has 3 aromatic carbocycles. The third kappa shape index (κ3) is 7.04. The monoisotopic (exact) mass is 499 g/mol. The summed E-state index contributed by atoms with van der Waals surface area (Å²) in [4.78, 5) is 13.2. The summed E-state index contributed by atoms with van der Waals surface area (Å²) in [5.74, 6) is -1.87. The molecule has 0 heterocycles. The predicted molar refractivity (Wildman–Crippen MR) is 138 cm³/mol. The Labute approximate surface area is 206 Å². The molecular formula is C27H31ClNO4P. The highest BCUT2D eigenvalue weighted by atomic mass is 35.5. The molecule has 3 atom stereocenters. The molecule has 3 rings (SSSR count). The van der Waals surface area contributed by atoms with Gasteiger partial charge in [0, 0.05) is 15.9 Å². The van der Waals surface area contributed by atoms with E-state index in [4.69, 9.17) is 16.1 Å². The van der Waals surface area contributed by atoms with E-state index in [1.807, 2.05) is 51.1 Å². The molecule has 0 saturated carbocycles. The van der Waals surface area contributed by atoms with Crippen LogP contribution in [0.5, 0.6) is 0 Å². The first-order chi connectivity index (χ1) is 16.1. The van der Waals surface area contributed by atoms with Crippen molar-refractivity contribution in [1.29, 1.82) is 0 Å².